The number of thiol groups is 2. The van der Waals surface area contributed by atoms with Crippen LogP contribution in [0.3, 0.4) is 0 Å². The minimum Gasteiger partial charge on any atom is -0.142 e. The van der Waals surface area contributed by atoms with Crippen LogP contribution in [0.25, 0.3) is 0 Å². The number of hydrogen-bond donors (Lipinski definition) is 2. The van der Waals surface area contributed by atoms with Gasteiger partial charge in [0.15, 0.2) is 5.22 Å². The second-order valence-corrected chi connectivity index (χ2v) is 4.10. The van der Waals surface area contributed by atoms with Gasteiger partial charge in [0.25, 0.3) is 0 Å². The predicted octanol–water partition coefficient (Wildman–Crippen LogP) is 4.14. The molecular formula is C11H17N4S2+. The Bertz CT molecular complexity index is 431. The molecule has 0 amide bonds. The molecule has 6 heteroatoms. The molecule has 0 spiro atoms. The molecular weight excluding hydrogens is 252 g/mol. The summed E-state index contributed by atoms with van der Waals surface area (Å²) >= 11 is 8.21. The zero-order valence-corrected chi connectivity index (χ0v) is 12.0. The highest BCUT2D eigenvalue weighted by Crippen LogP contribution is 2.14. The molecule has 0 aliphatic rings. The summed E-state index contributed by atoms with van der Waals surface area (Å²) < 4.78 is 0. The molecule has 0 aromatic rings. The van der Waals surface area contributed by atoms with E-state index in [2.05, 4.69) is 53.9 Å². The van der Waals surface area contributed by atoms with Gasteiger partial charge in [-0.3, -0.25) is 0 Å². The molecule has 0 N–H and O–H groups in total. The standard InChI is InChI=1S/C11H16N4S2/c1-6-10(8(3)16)12-14-15(5)13-11(7-2)9(4)17/h6-7H,3-4H2,1-2,5H3,(H-,16,17)/p+1/b10-6+,11-7+,14-12?,15-13?. The maximum atomic E-state index is 4.14. The number of azo groups is 1. The molecule has 0 rings (SSSR count). The van der Waals surface area contributed by atoms with Crippen LogP contribution >= 0.6 is 25.3 Å². The van der Waals surface area contributed by atoms with Crippen molar-refractivity contribution in [3.8, 4) is 0 Å². The molecule has 0 aliphatic heterocycles. The molecule has 0 unspecified atom stereocenters. The Morgan fingerprint density at radius 2 is 1.53 bits per heavy atom. The first kappa shape index (κ1) is 15.9. The number of hydrogen-bond acceptors (Lipinski definition) is 4. The van der Waals surface area contributed by atoms with Gasteiger partial charge in [-0.2, -0.15) is 0 Å². The van der Waals surface area contributed by atoms with Crippen molar-refractivity contribution >= 4 is 25.3 Å². The van der Waals surface area contributed by atoms with Crippen LogP contribution in [0.15, 0.2) is 62.0 Å². The van der Waals surface area contributed by atoms with Crippen molar-refractivity contribution in [2.45, 2.75) is 13.8 Å². The Labute approximate surface area is 113 Å². The van der Waals surface area contributed by atoms with Crippen molar-refractivity contribution < 1.29 is 4.81 Å². The maximum Gasteiger partial charge on any atom is 0.211 e. The van der Waals surface area contributed by atoms with Crippen LogP contribution in [0, 0.1) is 0 Å². The normalized spacial score (nSPS) is 14.3. The van der Waals surface area contributed by atoms with Crippen molar-refractivity contribution in [3.05, 3.63) is 46.5 Å². The highest BCUT2D eigenvalue weighted by atomic mass is 32.1. The summed E-state index contributed by atoms with van der Waals surface area (Å²) in [5, 5.41) is 12.0. The lowest BCUT2D eigenvalue weighted by atomic mass is 10.4. The smallest absolute Gasteiger partial charge is 0.142 e. The van der Waals surface area contributed by atoms with E-state index >= 15 is 0 Å². The summed E-state index contributed by atoms with van der Waals surface area (Å²) in [7, 11) is 1.66. The minimum absolute atomic E-state index is 0.550. The van der Waals surface area contributed by atoms with Crippen molar-refractivity contribution in [1.82, 2.24) is 0 Å². The first-order chi connectivity index (χ1) is 7.92. The van der Waals surface area contributed by atoms with Gasteiger partial charge in [-0.05, 0) is 24.7 Å². The SMILES string of the molecule is C=C(S)/C(=C\C)N=N[N+](C)=N/C(=C/C)C(=C)S. The van der Waals surface area contributed by atoms with Gasteiger partial charge < -0.3 is 0 Å². The summed E-state index contributed by atoms with van der Waals surface area (Å²) in [6.07, 6.45) is 3.55. The Morgan fingerprint density at radius 3 is 1.88 bits per heavy atom. The molecule has 17 heavy (non-hydrogen) atoms. The molecule has 0 aliphatic carbocycles. The Morgan fingerprint density at radius 1 is 1.06 bits per heavy atom. The third-order valence-electron chi connectivity index (χ3n) is 1.67. The number of nitrogens with zero attached hydrogens (tertiary/aromatic N) is 4. The fraction of sp³-hybridized carbons (Fsp3) is 0.273. The van der Waals surface area contributed by atoms with E-state index in [1.165, 1.54) is 4.81 Å². The fourth-order valence-corrected chi connectivity index (χ4v) is 1.20. The van der Waals surface area contributed by atoms with Gasteiger partial charge in [0.1, 0.15) is 12.7 Å². The second-order valence-electron chi connectivity index (χ2n) is 3.02. The van der Waals surface area contributed by atoms with Crippen LogP contribution in [0.4, 0.5) is 0 Å². The summed E-state index contributed by atoms with van der Waals surface area (Å²) in [6, 6.07) is 0. The van der Waals surface area contributed by atoms with Gasteiger partial charge >= 0.3 is 0 Å². The first-order valence-electron chi connectivity index (χ1n) is 4.88. The Hall–Kier alpha value is -1.14. The molecule has 0 heterocycles. The van der Waals surface area contributed by atoms with Gasteiger partial charge in [-0.1, -0.05) is 24.3 Å². The predicted molar refractivity (Wildman–Crippen MR) is 77.2 cm³/mol. The summed E-state index contributed by atoms with van der Waals surface area (Å²) in [5.74, 6) is 0. The third-order valence-corrected chi connectivity index (χ3v) is 2.13. The molecule has 0 radical (unpaired) electrons. The lowest BCUT2D eigenvalue weighted by Gasteiger charge is -1.94. The minimum atomic E-state index is 0.550. The molecule has 0 aromatic heterocycles. The van der Waals surface area contributed by atoms with E-state index in [0.717, 1.165) is 0 Å². The molecule has 0 fully saturated rings. The van der Waals surface area contributed by atoms with E-state index in [0.29, 0.717) is 21.2 Å². The van der Waals surface area contributed by atoms with Crippen molar-refractivity contribution in [3.63, 3.8) is 0 Å². The topological polar surface area (TPSA) is 40.1 Å². The van der Waals surface area contributed by atoms with Gasteiger partial charge in [-0.15, -0.1) is 25.3 Å². The largest absolute Gasteiger partial charge is 0.211 e. The lowest BCUT2D eigenvalue weighted by molar-refractivity contribution is -0.577. The average Bonchev–Trinajstić information content (AvgIpc) is 2.25. The molecule has 0 saturated carbocycles. The van der Waals surface area contributed by atoms with Crippen molar-refractivity contribution in [2.24, 2.45) is 15.5 Å². The summed E-state index contributed by atoms with van der Waals surface area (Å²) in [5.41, 5.74) is 1.24. The van der Waals surface area contributed by atoms with E-state index < -0.39 is 0 Å². The lowest BCUT2D eigenvalue weighted by Crippen LogP contribution is -1.93. The molecule has 0 bridgehead atoms. The van der Waals surface area contributed by atoms with Gasteiger partial charge in [-0.25, -0.2) is 0 Å². The monoisotopic (exact) mass is 269 g/mol. The third kappa shape index (κ3) is 6.23. The van der Waals surface area contributed by atoms with Crippen LogP contribution < -0.4 is 0 Å². The van der Waals surface area contributed by atoms with E-state index in [1.807, 2.05) is 13.8 Å². The van der Waals surface area contributed by atoms with Crippen LogP contribution in [-0.2, 0) is 0 Å². The second kappa shape index (κ2) is 8.03. The molecule has 0 atom stereocenters. The Balaban J connectivity index is 4.92. The molecule has 4 nitrogen and oxygen atoms in total. The van der Waals surface area contributed by atoms with Crippen molar-refractivity contribution in [2.75, 3.05) is 7.05 Å². The fourth-order valence-electron chi connectivity index (χ4n) is 0.853. The molecule has 0 aromatic carbocycles. The molecule has 0 saturated heterocycles. The van der Waals surface area contributed by atoms with Crippen LogP contribution in [0.2, 0.25) is 0 Å². The number of allylic oxidation sites excluding steroid dienone is 2. The van der Waals surface area contributed by atoms with E-state index in [9.17, 15) is 0 Å². The van der Waals surface area contributed by atoms with Gasteiger partial charge in [0.05, 0.1) is 10.0 Å². The highest BCUT2D eigenvalue weighted by Gasteiger charge is 2.04. The van der Waals surface area contributed by atoms with Crippen molar-refractivity contribution in [1.29, 1.82) is 0 Å². The zero-order chi connectivity index (χ0) is 13.4. The van der Waals surface area contributed by atoms with Crippen LogP contribution in [0.1, 0.15) is 13.8 Å². The highest BCUT2D eigenvalue weighted by molar-refractivity contribution is 7.85. The average molecular weight is 269 g/mol. The van der Waals surface area contributed by atoms with Gasteiger partial charge in [0.2, 0.25) is 5.70 Å². The van der Waals surface area contributed by atoms with E-state index in [4.69, 9.17) is 0 Å². The summed E-state index contributed by atoms with van der Waals surface area (Å²) in [4.78, 5) is 2.45. The van der Waals surface area contributed by atoms with Gasteiger partial charge in [0, 0.05) is 4.91 Å². The van der Waals surface area contributed by atoms with E-state index in [-0.39, 0.29) is 0 Å². The molecule has 92 valence electrons. The van der Waals surface area contributed by atoms with E-state index in [1.54, 1.807) is 19.2 Å². The quantitative estimate of drug-likeness (QED) is 0.247. The van der Waals surface area contributed by atoms with Crippen LogP contribution in [-0.4, -0.2) is 11.9 Å². The first-order valence-corrected chi connectivity index (χ1v) is 5.78. The number of rotatable bonds is 5. The summed E-state index contributed by atoms with van der Waals surface area (Å²) in [6.45, 7) is 11.0. The maximum absolute atomic E-state index is 4.14. The zero-order valence-electron chi connectivity index (χ0n) is 10.3. The van der Waals surface area contributed by atoms with Crippen LogP contribution in [0.5, 0.6) is 0 Å². The Kier molecular flexibility index (Phi) is 7.49.